The van der Waals surface area contributed by atoms with E-state index in [9.17, 15) is 0 Å². The Bertz CT molecular complexity index is 388. The van der Waals surface area contributed by atoms with Gasteiger partial charge >= 0.3 is 0 Å². The molecule has 0 bridgehead atoms. The average molecular weight is 231 g/mol. The quantitative estimate of drug-likeness (QED) is 0.800. The molecule has 2 fully saturated rings. The number of rotatable bonds is 1. The summed E-state index contributed by atoms with van der Waals surface area (Å²) in [6, 6.07) is 6.89. The zero-order valence-corrected chi connectivity index (χ0v) is 10.7. The van der Waals surface area contributed by atoms with E-state index in [0.29, 0.717) is 11.5 Å². The number of hydrogen-bond acceptors (Lipinski definition) is 3. The number of hydrogen-bond donors (Lipinski definition) is 1. The van der Waals surface area contributed by atoms with Crippen LogP contribution in [0.4, 0.5) is 5.82 Å². The molecule has 3 heterocycles. The van der Waals surface area contributed by atoms with Crippen molar-refractivity contribution in [1.29, 1.82) is 0 Å². The van der Waals surface area contributed by atoms with Crippen molar-refractivity contribution in [3.8, 4) is 0 Å². The molecule has 92 valence electrons. The van der Waals surface area contributed by atoms with Crippen molar-refractivity contribution in [2.24, 2.45) is 11.3 Å². The maximum absolute atomic E-state index is 4.47. The number of nitrogens with zero attached hydrogens (tertiary/aromatic N) is 2. The van der Waals surface area contributed by atoms with Gasteiger partial charge in [0, 0.05) is 31.9 Å². The van der Waals surface area contributed by atoms with Gasteiger partial charge < -0.3 is 10.2 Å². The highest BCUT2D eigenvalue weighted by molar-refractivity contribution is 5.39. The van der Waals surface area contributed by atoms with Gasteiger partial charge in [-0.2, -0.15) is 0 Å². The molecular formula is C14H21N3. The van der Waals surface area contributed by atoms with E-state index >= 15 is 0 Å². The highest BCUT2D eigenvalue weighted by Gasteiger charge is 2.44. The maximum Gasteiger partial charge on any atom is 0.128 e. The standard InChI is InChI=1S/C14H21N3/c1-14(2)10-16-12-6-8-17(9-11(12)14)13-5-3-4-7-15-13/h3-5,7,11-12,16H,6,8-10H2,1-2H3. The fourth-order valence-corrected chi connectivity index (χ4v) is 3.26. The average Bonchev–Trinajstić information content (AvgIpc) is 2.66. The molecule has 0 aliphatic carbocycles. The van der Waals surface area contributed by atoms with E-state index in [1.54, 1.807) is 0 Å². The zero-order chi connectivity index (χ0) is 11.9. The molecule has 2 aliphatic rings. The Morgan fingerprint density at radius 3 is 3.06 bits per heavy atom. The van der Waals surface area contributed by atoms with Crippen LogP contribution in [0.1, 0.15) is 20.3 Å². The summed E-state index contributed by atoms with van der Waals surface area (Å²) in [6.07, 6.45) is 3.13. The number of nitrogens with one attached hydrogen (secondary N) is 1. The van der Waals surface area contributed by atoms with Crippen molar-refractivity contribution >= 4 is 5.82 Å². The van der Waals surface area contributed by atoms with Crippen LogP contribution < -0.4 is 10.2 Å². The molecule has 1 aromatic rings. The number of pyridine rings is 1. The number of piperidine rings is 1. The molecule has 2 unspecified atom stereocenters. The lowest BCUT2D eigenvalue weighted by Gasteiger charge is -2.40. The van der Waals surface area contributed by atoms with Gasteiger partial charge in [-0.05, 0) is 29.9 Å². The first-order valence-electron chi connectivity index (χ1n) is 6.56. The first-order chi connectivity index (χ1) is 8.17. The topological polar surface area (TPSA) is 28.2 Å². The summed E-state index contributed by atoms with van der Waals surface area (Å²) < 4.78 is 0. The van der Waals surface area contributed by atoms with Gasteiger partial charge in [0.2, 0.25) is 0 Å². The minimum absolute atomic E-state index is 0.415. The molecule has 0 spiro atoms. The third kappa shape index (κ3) is 1.93. The molecule has 0 amide bonds. The molecule has 2 aliphatic heterocycles. The Morgan fingerprint density at radius 1 is 1.41 bits per heavy atom. The Kier molecular flexibility index (Phi) is 2.58. The van der Waals surface area contributed by atoms with Gasteiger partial charge in [-0.1, -0.05) is 19.9 Å². The van der Waals surface area contributed by atoms with E-state index in [2.05, 4.69) is 41.2 Å². The highest BCUT2D eigenvalue weighted by atomic mass is 15.2. The molecule has 2 saturated heterocycles. The van der Waals surface area contributed by atoms with Gasteiger partial charge in [0.05, 0.1) is 0 Å². The molecular weight excluding hydrogens is 210 g/mol. The molecule has 3 heteroatoms. The summed E-state index contributed by atoms with van der Waals surface area (Å²) in [4.78, 5) is 6.91. The summed E-state index contributed by atoms with van der Waals surface area (Å²) in [5, 5.41) is 3.67. The molecule has 2 atom stereocenters. The van der Waals surface area contributed by atoms with Crippen LogP contribution in [0, 0.1) is 11.3 Å². The fraction of sp³-hybridized carbons (Fsp3) is 0.643. The van der Waals surface area contributed by atoms with Crippen molar-refractivity contribution in [3.63, 3.8) is 0 Å². The first kappa shape index (κ1) is 11.0. The van der Waals surface area contributed by atoms with E-state index in [1.165, 1.54) is 6.42 Å². The number of anilines is 1. The van der Waals surface area contributed by atoms with Crippen LogP contribution in [0.5, 0.6) is 0 Å². The highest BCUT2D eigenvalue weighted by Crippen LogP contribution is 2.39. The number of fused-ring (bicyclic) bond motifs is 1. The molecule has 0 aromatic carbocycles. The van der Waals surface area contributed by atoms with E-state index in [1.807, 2.05) is 12.3 Å². The van der Waals surface area contributed by atoms with E-state index in [-0.39, 0.29) is 0 Å². The molecule has 1 N–H and O–H groups in total. The normalized spacial score (nSPS) is 31.3. The van der Waals surface area contributed by atoms with Gasteiger partial charge in [0.25, 0.3) is 0 Å². The smallest absolute Gasteiger partial charge is 0.128 e. The van der Waals surface area contributed by atoms with Crippen LogP contribution in [-0.2, 0) is 0 Å². The van der Waals surface area contributed by atoms with Crippen molar-refractivity contribution in [3.05, 3.63) is 24.4 Å². The predicted molar refractivity (Wildman–Crippen MR) is 70.1 cm³/mol. The van der Waals surface area contributed by atoms with Crippen molar-refractivity contribution < 1.29 is 0 Å². The summed E-state index contributed by atoms with van der Waals surface area (Å²) in [7, 11) is 0. The van der Waals surface area contributed by atoms with Crippen molar-refractivity contribution in [2.75, 3.05) is 24.5 Å². The summed E-state index contributed by atoms with van der Waals surface area (Å²) in [6.45, 7) is 8.18. The van der Waals surface area contributed by atoms with Crippen molar-refractivity contribution in [2.45, 2.75) is 26.3 Å². The molecule has 1 aromatic heterocycles. The van der Waals surface area contributed by atoms with Gasteiger partial charge in [0.1, 0.15) is 5.82 Å². The summed E-state index contributed by atoms with van der Waals surface area (Å²) in [5.41, 5.74) is 0.415. The minimum atomic E-state index is 0.415. The Morgan fingerprint density at radius 2 is 2.29 bits per heavy atom. The maximum atomic E-state index is 4.47. The van der Waals surface area contributed by atoms with Gasteiger partial charge in [-0.3, -0.25) is 0 Å². The molecule has 3 rings (SSSR count). The Hall–Kier alpha value is -1.09. The van der Waals surface area contributed by atoms with E-state index in [0.717, 1.165) is 31.4 Å². The van der Waals surface area contributed by atoms with Gasteiger partial charge in [-0.15, -0.1) is 0 Å². The lowest BCUT2D eigenvalue weighted by Crippen LogP contribution is -2.47. The van der Waals surface area contributed by atoms with Crippen molar-refractivity contribution in [1.82, 2.24) is 10.3 Å². The molecule has 17 heavy (non-hydrogen) atoms. The third-order valence-corrected chi connectivity index (χ3v) is 4.41. The van der Waals surface area contributed by atoms with Crippen LogP contribution in [0.2, 0.25) is 0 Å². The second kappa shape index (κ2) is 3.98. The third-order valence-electron chi connectivity index (χ3n) is 4.41. The lowest BCUT2D eigenvalue weighted by atomic mass is 9.76. The minimum Gasteiger partial charge on any atom is -0.356 e. The van der Waals surface area contributed by atoms with Crippen LogP contribution in [0.3, 0.4) is 0 Å². The Balaban J connectivity index is 1.79. The van der Waals surface area contributed by atoms with Crippen LogP contribution in [0.25, 0.3) is 0 Å². The van der Waals surface area contributed by atoms with Crippen LogP contribution in [-0.4, -0.2) is 30.7 Å². The van der Waals surface area contributed by atoms with Crippen LogP contribution in [0.15, 0.2) is 24.4 Å². The van der Waals surface area contributed by atoms with Crippen LogP contribution >= 0.6 is 0 Å². The van der Waals surface area contributed by atoms with E-state index < -0.39 is 0 Å². The molecule has 3 nitrogen and oxygen atoms in total. The SMILES string of the molecule is CC1(C)CNC2CCN(c3ccccn3)CC21. The number of aromatic nitrogens is 1. The second-order valence-electron chi connectivity index (χ2n) is 6.01. The zero-order valence-electron chi connectivity index (χ0n) is 10.7. The largest absolute Gasteiger partial charge is 0.356 e. The predicted octanol–water partition coefficient (Wildman–Crippen LogP) is 1.91. The second-order valence-corrected chi connectivity index (χ2v) is 6.01. The monoisotopic (exact) mass is 231 g/mol. The van der Waals surface area contributed by atoms with E-state index in [4.69, 9.17) is 0 Å². The first-order valence-corrected chi connectivity index (χ1v) is 6.56. The summed E-state index contributed by atoms with van der Waals surface area (Å²) in [5.74, 6) is 1.88. The Labute approximate surface area is 103 Å². The van der Waals surface area contributed by atoms with Gasteiger partial charge in [0.15, 0.2) is 0 Å². The molecule has 0 saturated carbocycles. The molecule has 0 radical (unpaired) electrons. The lowest BCUT2D eigenvalue weighted by molar-refractivity contribution is 0.237. The fourth-order valence-electron chi connectivity index (χ4n) is 3.26. The summed E-state index contributed by atoms with van der Waals surface area (Å²) >= 11 is 0. The van der Waals surface area contributed by atoms with Gasteiger partial charge in [-0.25, -0.2) is 4.98 Å².